The molecule has 1 aliphatic rings. The number of carbonyl (C=O) groups is 1. The Bertz CT molecular complexity index is 879. The van der Waals surface area contributed by atoms with Crippen molar-refractivity contribution in [2.45, 2.75) is 37.1 Å². The van der Waals surface area contributed by atoms with Crippen LogP contribution in [0.5, 0.6) is 0 Å². The minimum Gasteiger partial charge on any atom is -0.353 e. The zero-order chi connectivity index (χ0) is 19.4. The van der Waals surface area contributed by atoms with Crippen LogP contribution in [0.25, 0.3) is 0 Å². The van der Waals surface area contributed by atoms with Gasteiger partial charge in [-0.15, -0.1) is 0 Å². The van der Waals surface area contributed by atoms with E-state index in [1.165, 1.54) is 22.1 Å². The molecule has 2 aromatic rings. The van der Waals surface area contributed by atoms with Crippen LogP contribution in [-0.4, -0.2) is 42.7 Å². The highest BCUT2D eigenvalue weighted by Gasteiger charge is 2.33. The van der Waals surface area contributed by atoms with Crippen molar-refractivity contribution in [1.82, 2.24) is 14.6 Å². The summed E-state index contributed by atoms with van der Waals surface area (Å²) in [6.45, 7) is 2.58. The fourth-order valence-electron chi connectivity index (χ4n) is 3.24. The molecule has 0 radical (unpaired) electrons. The van der Waals surface area contributed by atoms with E-state index in [1.54, 1.807) is 17.4 Å². The van der Waals surface area contributed by atoms with E-state index in [2.05, 4.69) is 21.7 Å². The molecular formula is C18H22ClN3O3S2. The Morgan fingerprint density at radius 1 is 1.41 bits per heavy atom. The van der Waals surface area contributed by atoms with E-state index in [9.17, 15) is 13.2 Å². The quantitative estimate of drug-likeness (QED) is 0.719. The molecule has 3 heterocycles. The zero-order valence-electron chi connectivity index (χ0n) is 15.0. The molecule has 0 spiro atoms. The summed E-state index contributed by atoms with van der Waals surface area (Å²) < 4.78 is 26.9. The Hall–Kier alpha value is -1.48. The van der Waals surface area contributed by atoms with Gasteiger partial charge in [0, 0.05) is 31.2 Å². The van der Waals surface area contributed by atoms with E-state index < -0.39 is 10.0 Å². The number of nitrogens with zero attached hydrogens (tertiary/aromatic N) is 2. The second-order valence-corrected chi connectivity index (χ2v) is 9.76. The van der Waals surface area contributed by atoms with Crippen LogP contribution in [0, 0.1) is 5.92 Å². The third kappa shape index (κ3) is 4.87. The summed E-state index contributed by atoms with van der Waals surface area (Å²) in [6, 6.07) is 5.10. The molecule has 0 saturated carbocycles. The molecule has 9 heteroatoms. The van der Waals surface area contributed by atoms with Crippen molar-refractivity contribution in [3.8, 4) is 0 Å². The first-order chi connectivity index (χ1) is 12.9. The van der Waals surface area contributed by atoms with Crippen molar-refractivity contribution in [3.63, 3.8) is 0 Å². The lowest BCUT2D eigenvalue weighted by atomic mass is 9.96. The van der Waals surface area contributed by atoms with Gasteiger partial charge in [0.15, 0.2) is 0 Å². The third-order valence-corrected chi connectivity index (χ3v) is 7.75. The van der Waals surface area contributed by atoms with Crippen LogP contribution in [0.4, 0.5) is 0 Å². The summed E-state index contributed by atoms with van der Waals surface area (Å²) in [5.41, 5.74) is 1.21. The lowest BCUT2D eigenvalue weighted by molar-refractivity contribution is -0.126. The van der Waals surface area contributed by atoms with Gasteiger partial charge in [0.1, 0.15) is 10.0 Å². The Kier molecular flexibility index (Phi) is 6.52. The lowest BCUT2D eigenvalue weighted by Crippen LogP contribution is -2.45. The molecule has 27 heavy (non-hydrogen) atoms. The normalized spacial score (nSPS) is 17.6. The fraction of sp³-hybridized carbons (Fsp3) is 0.444. The van der Waals surface area contributed by atoms with Crippen LogP contribution in [0.15, 0.2) is 40.1 Å². The molecule has 1 fully saturated rings. The molecule has 1 saturated heterocycles. The number of aromatic nitrogens is 1. The van der Waals surface area contributed by atoms with Crippen molar-refractivity contribution in [3.05, 3.63) is 45.9 Å². The maximum absolute atomic E-state index is 12.7. The van der Waals surface area contributed by atoms with Crippen LogP contribution in [0.1, 0.15) is 25.3 Å². The predicted octanol–water partition coefficient (Wildman–Crippen LogP) is 2.94. The number of piperidine rings is 1. The van der Waals surface area contributed by atoms with E-state index in [0.717, 1.165) is 6.42 Å². The lowest BCUT2D eigenvalue weighted by Gasteiger charge is -2.31. The molecule has 1 aliphatic heterocycles. The maximum atomic E-state index is 12.7. The zero-order valence-corrected chi connectivity index (χ0v) is 17.4. The molecule has 1 atom stereocenters. The minimum atomic E-state index is -3.69. The maximum Gasteiger partial charge on any atom is 0.246 e. The second kappa shape index (κ2) is 8.68. The van der Waals surface area contributed by atoms with E-state index in [1.807, 2.05) is 12.3 Å². The number of hydrogen-bond acceptors (Lipinski definition) is 5. The fourth-order valence-corrected chi connectivity index (χ4v) is 5.81. The topological polar surface area (TPSA) is 79.4 Å². The number of carbonyl (C=O) groups excluding carboxylic acids is 1. The highest BCUT2D eigenvalue weighted by Crippen LogP contribution is 2.27. The van der Waals surface area contributed by atoms with Gasteiger partial charge in [0.05, 0.1) is 0 Å². The van der Waals surface area contributed by atoms with Gasteiger partial charge in [-0.3, -0.25) is 4.79 Å². The smallest absolute Gasteiger partial charge is 0.246 e. The van der Waals surface area contributed by atoms with Crippen LogP contribution in [0.3, 0.4) is 0 Å². The third-order valence-electron chi connectivity index (χ3n) is 4.68. The van der Waals surface area contributed by atoms with Gasteiger partial charge in [-0.1, -0.05) is 11.6 Å². The van der Waals surface area contributed by atoms with Gasteiger partial charge < -0.3 is 5.32 Å². The Morgan fingerprint density at radius 2 is 2.15 bits per heavy atom. The largest absolute Gasteiger partial charge is 0.353 e. The Labute approximate surface area is 168 Å². The Balaban J connectivity index is 1.55. The molecule has 1 unspecified atom stereocenters. The number of thiophene rings is 1. The standard InChI is InChI=1S/C18H22ClN3O3S2/c1-13(11-14-6-10-26-12-14)21-18(23)15-4-8-22(9-5-15)27(24,25)16-3-2-7-20-17(16)19/h2-3,6-7,10,12-13,15H,4-5,8-9,11H2,1H3,(H,21,23). The first kappa shape index (κ1) is 20.3. The average molecular weight is 428 g/mol. The average Bonchev–Trinajstić information content (AvgIpc) is 3.14. The van der Waals surface area contributed by atoms with Crippen molar-refractivity contribution in [1.29, 1.82) is 0 Å². The molecule has 0 bridgehead atoms. The monoisotopic (exact) mass is 427 g/mol. The number of rotatable bonds is 6. The highest BCUT2D eigenvalue weighted by molar-refractivity contribution is 7.89. The number of pyridine rings is 1. The molecule has 0 aliphatic carbocycles. The molecule has 0 aromatic carbocycles. The van der Waals surface area contributed by atoms with E-state index in [-0.39, 0.29) is 27.9 Å². The van der Waals surface area contributed by atoms with Crippen LogP contribution in [0.2, 0.25) is 5.15 Å². The van der Waals surface area contributed by atoms with Crippen molar-refractivity contribution < 1.29 is 13.2 Å². The molecule has 1 amide bonds. The molecule has 1 N–H and O–H groups in total. The molecular weight excluding hydrogens is 406 g/mol. The number of nitrogens with one attached hydrogen (secondary N) is 1. The minimum absolute atomic E-state index is 0.00538. The number of amides is 1. The van der Waals surface area contributed by atoms with Gasteiger partial charge in [-0.2, -0.15) is 15.6 Å². The first-order valence-electron chi connectivity index (χ1n) is 8.80. The van der Waals surface area contributed by atoms with E-state index in [4.69, 9.17) is 11.6 Å². The summed E-state index contributed by atoms with van der Waals surface area (Å²) in [6.07, 6.45) is 3.24. The summed E-state index contributed by atoms with van der Waals surface area (Å²) in [5.74, 6) is -0.181. The summed E-state index contributed by atoms with van der Waals surface area (Å²) in [4.78, 5) is 16.4. The van der Waals surface area contributed by atoms with E-state index in [0.29, 0.717) is 25.9 Å². The Morgan fingerprint density at radius 3 is 2.78 bits per heavy atom. The SMILES string of the molecule is CC(Cc1ccsc1)NC(=O)C1CCN(S(=O)(=O)c2cccnc2Cl)CC1. The van der Waals surface area contributed by atoms with Crippen LogP contribution >= 0.6 is 22.9 Å². The van der Waals surface area contributed by atoms with Gasteiger partial charge >= 0.3 is 0 Å². The first-order valence-corrected chi connectivity index (χ1v) is 11.6. The summed E-state index contributed by atoms with van der Waals surface area (Å²) in [5, 5.41) is 7.12. The highest BCUT2D eigenvalue weighted by atomic mass is 35.5. The van der Waals surface area contributed by atoms with Gasteiger partial charge in [0.2, 0.25) is 15.9 Å². The van der Waals surface area contributed by atoms with Crippen molar-refractivity contribution in [2.75, 3.05) is 13.1 Å². The van der Waals surface area contributed by atoms with Crippen molar-refractivity contribution in [2.24, 2.45) is 5.92 Å². The second-order valence-electron chi connectivity index (χ2n) is 6.72. The van der Waals surface area contributed by atoms with Gasteiger partial charge in [0.25, 0.3) is 0 Å². The summed E-state index contributed by atoms with van der Waals surface area (Å²) in [7, 11) is -3.69. The van der Waals surface area contributed by atoms with E-state index >= 15 is 0 Å². The molecule has 2 aromatic heterocycles. The number of hydrogen-bond donors (Lipinski definition) is 1. The number of sulfonamides is 1. The van der Waals surface area contributed by atoms with Crippen molar-refractivity contribution >= 4 is 38.9 Å². The molecule has 146 valence electrons. The molecule has 6 nitrogen and oxygen atoms in total. The number of halogens is 1. The van der Waals surface area contributed by atoms with Gasteiger partial charge in [-0.25, -0.2) is 13.4 Å². The molecule has 3 rings (SSSR count). The predicted molar refractivity (Wildman–Crippen MR) is 106 cm³/mol. The van der Waals surface area contributed by atoms with Crippen LogP contribution < -0.4 is 5.32 Å². The summed E-state index contributed by atoms with van der Waals surface area (Å²) >= 11 is 7.58. The van der Waals surface area contributed by atoms with Crippen LogP contribution in [-0.2, 0) is 21.2 Å². The van der Waals surface area contributed by atoms with Gasteiger partial charge in [-0.05, 0) is 60.7 Å².